The quantitative estimate of drug-likeness (QED) is 0.784. The van der Waals surface area contributed by atoms with Gasteiger partial charge >= 0.3 is 6.03 Å². The van der Waals surface area contributed by atoms with Crippen molar-refractivity contribution in [1.82, 2.24) is 40.1 Å². The van der Waals surface area contributed by atoms with Crippen LogP contribution in [0.25, 0.3) is 0 Å². The predicted octanol–water partition coefficient (Wildman–Crippen LogP) is 0.599. The first-order valence-corrected chi connectivity index (χ1v) is 9.94. The molecule has 4 heterocycles. The Hall–Kier alpha value is -2.91. The number of H-pyrrole nitrogens is 1. The van der Waals surface area contributed by atoms with Crippen LogP contribution in [0.15, 0.2) is 6.07 Å². The van der Waals surface area contributed by atoms with Crippen molar-refractivity contribution < 1.29 is 9.59 Å². The van der Waals surface area contributed by atoms with E-state index in [4.69, 9.17) is 0 Å². The van der Waals surface area contributed by atoms with Gasteiger partial charge in [0.05, 0.1) is 11.1 Å². The maximum atomic E-state index is 13.2. The summed E-state index contributed by atoms with van der Waals surface area (Å²) in [7, 11) is 1.78. The molecule has 10 nitrogen and oxygen atoms in total. The zero-order valence-corrected chi connectivity index (χ0v) is 17.6. The van der Waals surface area contributed by atoms with Gasteiger partial charge in [-0.3, -0.25) is 14.6 Å². The van der Waals surface area contributed by atoms with Crippen LogP contribution in [0.5, 0.6) is 0 Å². The highest BCUT2D eigenvalue weighted by Gasteiger charge is 2.58. The Morgan fingerprint density at radius 2 is 1.93 bits per heavy atom. The average molecular weight is 400 g/mol. The van der Waals surface area contributed by atoms with Crippen LogP contribution in [0.4, 0.5) is 4.79 Å². The van der Waals surface area contributed by atoms with Gasteiger partial charge in [0, 0.05) is 45.2 Å². The molecule has 4 rings (SSSR count). The van der Waals surface area contributed by atoms with Crippen molar-refractivity contribution in [3.8, 4) is 0 Å². The van der Waals surface area contributed by atoms with Gasteiger partial charge in [-0.05, 0) is 33.8 Å². The first-order valence-electron chi connectivity index (χ1n) is 9.94. The molecule has 10 heteroatoms. The van der Waals surface area contributed by atoms with Crippen molar-refractivity contribution in [1.29, 1.82) is 0 Å². The fraction of sp³-hybridized carbons (Fsp3) is 0.632. The van der Waals surface area contributed by atoms with Gasteiger partial charge in [-0.1, -0.05) is 0 Å². The van der Waals surface area contributed by atoms with Crippen molar-refractivity contribution in [3.63, 3.8) is 0 Å². The third-order valence-corrected chi connectivity index (χ3v) is 5.86. The molecular weight excluding hydrogens is 372 g/mol. The minimum absolute atomic E-state index is 0.0488. The molecule has 2 atom stereocenters. The number of urea groups is 1. The molecule has 2 aliphatic rings. The second kappa shape index (κ2) is 6.85. The molecule has 2 aromatic rings. The number of aryl methyl sites for hydroxylation is 3. The number of carbonyl (C=O) groups is 2. The van der Waals surface area contributed by atoms with Gasteiger partial charge in [-0.2, -0.15) is 10.2 Å². The summed E-state index contributed by atoms with van der Waals surface area (Å²) < 4.78 is 1.62. The molecule has 2 aliphatic heterocycles. The molecule has 0 saturated carbocycles. The summed E-state index contributed by atoms with van der Waals surface area (Å²) >= 11 is 0. The molecule has 0 radical (unpaired) electrons. The van der Waals surface area contributed by atoms with E-state index in [0.717, 1.165) is 11.5 Å². The average Bonchev–Trinajstić information content (AvgIpc) is 3.35. The normalized spacial score (nSPS) is 23.7. The summed E-state index contributed by atoms with van der Waals surface area (Å²) in [6, 6.07) is 1.79. The SMILES string of the molecule is Cc1cc(C(=O)N2C[C@@H]3CN(C(=O)NC(C)C)C[C@]3(c3n[nH]c(C)n3)C2)n(C)n1. The van der Waals surface area contributed by atoms with Gasteiger partial charge in [-0.15, -0.1) is 0 Å². The zero-order valence-electron chi connectivity index (χ0n) is 17.6. The van der Waals surface area contributed by atoms with Crippen LogP contribution in [0.3, 0.4) is 0 Å². The molecule has 0 aliphatic carbocycles. The lowest BCUT2D eigenvalue weighted by molar-refractivity contribution is 0.0761. The minimum atomic E-state index is -0.470. The first-order chi connectivity index (χ1) is 13.7. The van der Waals surface area contributed by atoms with Gasteiger partial charge in [-0.25, -0.2) is 9.78 Å². The molecule has 29 heavy (non-hydrogen) atoms. The van der Waals surface area contributed by atoms with Crippen LogP contribution >= 0.6 is 0 Å². The Morgan fingerprint density at radius 3 is 2.52 bits per heavy atom. The lowest BCUT2D eigenvalue weighted by atomic mass is 9.80. The Kier molecular flexibility index (Phi) is 4.59. The highest BCUT2D eigenvalue weighted by Crippen LogP contribution is 2.44. The smallest absolute Gasteiger partial charge is 0.317 e. The lowest BCUT2D eigenvalue weighted by Gasteiger charge is -2.27. The summed E-state index contributed by atoms with van der Waals surface area (Å²) in [6.45, 7) is 9.71. The van der Waals surface area contributed by atoms with Gasteiger partial charge < -0.3 is 15.1 Å². The van der Waals surface area contributed by atoms with E-state index in [1.807, 2.05) is 43.6 Å². The van der Waals surface area contributed by atoms with E-state index < -0.39 is 5.41 Å². The summed E-state index contributed by atoms with van der Waals surface area (Å²) in [4.78, 5) is 34.1. The monoisotopic (exact) mass is 400 g/mol. The van der Waals surface area contributed by atoms with Crippen LogP contribution in [0, 0.1) is 19.8 Å². The van der Waals surface area contributed by atoms with Crippen LogP contribution < -0.4 is 5.32 Å². The summed E-state index contributed by atoms with van der Waals surface area (Å²) in [5, 5.41) is 14.6. The van der Waals surface area contributed by atoms with Crippen LogP contribution in [-0.4, -0.2) is 78.9 Å². The van der Waals surface area contributed by atoms with E-state index in [2.05, 4.69) is 25.6 Å². The number of fused-ring (bicyclic) bond motifs is 1. The molecule has 156 valence electrons. The van der Waals surface area contributed by atoms with E-state index in [0.29, 0.717) is 37.7 Å². The number of nitrogens with zero attached hydrogens (tertiary/aromatic N) is 6. The van der Waals surface area contributed by atoms with E-state index in [1.54, 1.807) is 11.7 Å². The molecule has 3 amide bonds. The highest BCUT2D eigenvalue weighted by molar-refractivity contribution is 5.93. The standard InChI is InChI=1S/C19H28N8O2/c1-11(2)20-18(29)27-8-14-7-26(16(28)15-6-12(3)24-25(15)5)9-19(14,10-27)17-21-13(4)22-23-17/h6,11,14H,7-10H2,1-5H3,(H,20,29)(H,21,22,23)/t14-,19-/m1/s1. The van der Waals surface area contributed by atoms with Crippen LogP contribution in [0.2, 0.25) is 0 Å². The van der Waals surface area contributed by atoms with E-state index in [1.165, 1.54) is 0 Å². The third-order valence-electron chi connectivity index (χ3n) is 5.86. The van der Waals surface area contributed by atoms with E-state index in [9.17, 15) is 9.59 Å². The largest absolute Gasteiger partial charge is 0.336 e. The fourth-order valence-corrected chi connectivity index (χ4v) is 4.57. The van der Waals surface area contributed by atoms with Crippen molar-refractivity contribution in [2.75, 3.05) is 26.2 Å². The summed E-state index contributed by atoms with van der Waals surface area (Å²) in [5.41, 5.74) is 0.909. The first kappa shape index (κ1) is 19.4. The van der Waals surface area contributed by atoms with E-state index >= 15 is 0 Å². The molecule has 0 unspecified atom stereocenters. The molecule has 0 aromatic carbocycles. The molecule has 2 saturated heterocycles. The van der Waals surface area contributed by atoms with Crippen molar-refractivity contribution in [2.24, 2.45) is 13.0 Å². The predicted molar refractivity (Wildman–Crippen MR) is 105 cm³/mol. The Balaban J connectivity index is 1.62. The lowest BCUT2D eigenvalue weighted by Crippen LogP contribution is -2.46. The maximum absolute atomic E-state index is 13.2. The zero-order chi connectivity index (χ0) is 20.9. The summed E-state index contributed by atoms with van der Waals surface area (Å²) in [5.74, 6) is 1.43. The minimum Gasteiger partial charge on any atom is -0.336 e. The Bertz CT molecular complexity index is 948. The number of hydrogen-bond donors (Lipinski definition) is 2. The number of hydrogen-bond acceptors (Lipinski definition) is 5. The number of likely N-dealkylation sites (tertiary alicyclic amines) is 2. The van der Waals surface area contributed by atoms with Gasteiger partial charge in [0.25, 0.3) is 5.91 Å². The van der Waals surface area contributed by atoms with Crippen molar-refractivity contribution in [2.45, 2.75) is 39.2 Å². The molecule has 0 bridgehead atoms. The Morgan fingerprint density at radius 1 is 1.24 bits per heavy atom. The van der Waals surface area contributed by atoms with Crippen molar-refractivity contribution >= 4 is 11.9 Å². The van der Waals surface area contributed by atoms with Crippen molar-refractivity contribution in [3.05, 3.63) is 29.1 Å². The third kappa shape index (κ3) is 3.26. The van der Waals surface area contributed by atoms with Gasteiger partial charge in [0.15, 0.2) is 5.82 Å². The maximum Gasteiger partial charge on any atom is 0.317 e. The summed E-state index contributed by atoms with van der Waals surface area (Å²) in [6.07, 6.45) is 0. The topological polar surface area (TPSA) is 112 Å². The molecule has 0 spiro atoms. The fourth-order valence-electron chi connectivity index (χ4n) is 4.57. The molecule has 2 aromatic heterocycles. The second-order valence-electron chi connectivity index (χ2n) is 8.56. The number of aromatic amines is 1. The van der Waals surface area contributed by atoms with Crippen LogP contribution in [0.1, 0.15) is 41.7 Å². The molecular formula is C19H28N8O2. The Labute approximate surface area is 169 Å². The van der Waals surface area contributed by atoms with Gasteiger partial charge in [0.1, 0.15) is 11.5 Å². The number of nitrogens with one attached hydrogen (secondary N) is 2. The van der Waals surface area contributed by atoms with E-state index in [-0.39, 0.29) is 23.9 Å². The highest BCUT2D eigenvalue weighted by atomic mass is 16.2. The number of amides is 3. The second-order valence-corrected chi connectivity index (χ2v) is 8.56. The number of carbonyl (C=O) groups excluding carboxylic acids is 2. The molecule has 2 fully saturated rings. The van der Waals surface area contributed by atoms with Gasteiger partial charge in [0.2, 0.25) is 0 Å². The number of rotatable bonds is 3. The number of aromatic nitrogens is 5. The molecule has 2 N–H and O–H groups in total. The van der Waals surface area contributed by atoms with Crippen LogP contribution in [-0.2, 0) is 12.5 Å².